The Balaban J connectivity index is 0.000000260. The van der Waals surface area contributed by atoms with E-state index in [1.807, 2.05) is 0 Å². The third-order valence-electron chi connectivity index (χ3n) is 6.45. The number of Topliss-reactive ketones (excluding diaryl/α,β-unsaturated/α-hetero) is 2. The maximum absolute atomic E-state index is 12.7. The summed E-state index contributed by atoms with van der Waals surface area (Å²) in [5, 5.41) is 5.86. The molecule has 210 valence electrons. The minimum atomic E-state index is -4.54. The maximum Gasteiger partial charge on any atom is 0.417 e. The fourth-order valence-electron chi connectivity index (χ4n) is 4.38. The topological polar surface area (TPSA) is 58.2 Å². The minimum Gasteiger partial charge on any atom is -0.317 e. The second kappa shape index (κ2) is 13.8. The van der Waals surface area contributed by atoms with Gasteiger partial charge in [-0.3, -0.25) is 9.59 Å². The number of ketones is 2. The molecule has 2 heterocycles. The van der Waals surface area contributed by atoms with E-state index in [4.69, 9.17) is 11.6 Å². The molecule has 2 N–H and O–H groups in total. The number of alkyl halides is 6. The fourth-order valence-corrected chi connectivity index (χ4v) is 4.61. The Morgan fingerprint density at radius 1 is 0.711 bits per heavy atom. The number of rotatable bonds is 4. The maximum atomic E-state index is 12.7. The molecule has 2 aromatic carbocycles. The lowest BCUT2D eigenvalue weighted by Gasteiger charge is -2.21. The highest BCUT2D eigenvalue weighted by atomic mass is 35.5. The summed E-state index contributed by atoms with van der Waals surface area (Å²) in [5.74, 6) is -0.774. The lowest BCUT2D eigenvalue weighted by molar-refractivity contribution is -0.138. The van der Waals surface area contributed by atoms with Crippen molar-refractivity contribution in [3.63, 3.8) is 0 Å². The summed E-state index contributed by atoms with van der Waals surface area (Å²) in [6.45, 7) is 2.93. The van der Waals surface area contributed by atoms with Gasteiger partial charge >= 0.3 is 12.4 Å². The van der Waals surface area contributed by atoms with Crippen LogP contribution in [0.4, 0.5) is 26.3 Å². The van der Waals surface area contributed by atoms with Crippen LogP contribution in [0, 0.1) is 11.8 Å². The molecule has 12 heteroatoms. The summed E-state index contributed by atoms with van der Waals surface area (Å²) in [6.07, 6.45) is -6.25. The molecule has 4 rings (SSSR count). The van der Waals surface area contributed by atoms with Crippen LogP contribution < -0.4 is 10.6 Å². The van der Waals surface area contributed by atoms with Crippen LogP contribution in [0.5, 0.6) is 0 Å². The van der Waals surface area contributed by atoms with Crippen molar-refractivity contribution in [3.8, 4) is 0 Å². The van der Waals surface area contributed by atoms with E-state index in [0.717, 1.165) is 50.4 Å². The van der Waals surface area contributed by atoms with Gasteiger partial charge in [0.2, 0.25) is 0 Å². The van der Waals surface area contributed by atoms with Gasteiger partial charge in [0.05, 0.1) is 16.1 Å². The Morgan fingerprint density at radius 3 is 1.63 bits per heavy atom. The number of halogens is 8. The Bertz CT molecular complexity index is 1100. The predicted octanol–water partition coefficient (Wildman–Crippen LogP) is 6.85. The summed E-state index contributed by atoms with van der Waals surface area (Å²) in [5.41, 5.74) is -1.46. The van der Waals surface area contributed by atoms with Crippen LogP contribution in [0.1, 0.15) is 57.5 Å². The number of hydrogen-bond acceptors (Lipinski definition) is 4. The smallest absolute Gasteiger partial charge is 0.317 e. The third-order valence-corrected chi connectivity index (χ3v) is 6.78. The monoisotopic (exact) mass is 584 g/mol. The second-order valence-electron chi connectivity index (χ2n) is 9.05. The zero-order chi connectivity index (χ0) is 27.2. The molecular formula is C26H28Cl2F6N2O2. The Labute approximate surface area is 227 Å². The summed E-state index contributed by atoms with van der Waals surface area (Å²) in [4.78, 5) is 24.2. The highest BCUT2D eigenvalue weighted by Gasteiger charge is 2.35. The Hall–Kier alpha value is -2.14. The summed E-state index contributed by atoms with van der Waals surface area (Å²) < 4.78 is 75.8. The van der Waals surface area contributed by atoms with Crippen molar-refractivity contribution < 1.29 is 35.9 Å². The largest absolute Gasteiger partial charge is 0.417 e. The highest BCUT2D eigenvalue weighted by Crippen LogP contribution is 2.36. The number of carbonyl (C=O) groups excluding carboxylic acids is 2. The molecule has 0 atom stereocenters. The molecule has 2 fully saturated rings. The fraction of sp³-hybridized carbons (Fsp3) is 0.462. The van der Waals surface area contributed by atoms with Crippen LogP contribution in [0.3, 0.4) is 0 Å². The van der Waals surface area contributed by atoms with Gasteiger partial charge in [0.25, 0.3) is 0 Å². The van der Waals surface area contributed by atoms with Crippen molar-refractivity contribution in [2.24, 2.45) is 11.8 Å². The van der Waals surface area contributed by atoms with Crippen molar-refractivity contribution in [1.29, 1.82) is 0 Å². The molecule has 38 heavy (non-hydrogen) atoms. The van der Waals surface area contributed by atoms with Crippen LogP contribution in [0.25, 0.3) is 0 Å². The van der Waals surface area contributed by atoms with Gasteiger partial charge < -0.3 is 10.6 Å². The van der Waals surface area contributed by atoms with Crippen LogP contribution in [0.2, 0.25) is 5.02 Å². The number of benzene rings is 2. The minimum absolute atomic E-state index is 0. The van der Waals surface area contributed by atoms with E-state index in [0.29, 0.717) is 25.7 Å². The number of nitrogens with one attached hydrogen (secondary N) is 2. The first-order valence-corrected chi connectivity index (χ1v) is 12.3. The lowest BCUT2D eigenvalue weighted by atomic mass is 9.89. The van der Waals surface area contributed by atoms with E-state index >= 15 is 0 Å². The molecule has 2 aliphatic rings. The first kappa shape index (κ1) is 32.1. The van der Waals surface area contributed by atoms with E-state index < -0.39 is 23.5 Å². The molecule has 0 amide bonds. The summed E-state index contributed by atoms with van der Waals surface area (Å²) in [6, 6.07) is 8.04. The Kier molecular flexibility index (Phi) is 11.6. The van der Waals surface area contributed by atoms with E-state index in [9.17, 15) is 35.9 Å². The molecule has 0 unspecified atom stereocenters. The van der Waals surface area contributed by atoms with Gasteiger partial charge in [-0.2, -0.15) is 26.3 Å². The normalized spacial score (nSPS) is 17.1. The van der Waals surface area contributed by atoms with Crippen molar-refractivity contribution in [3.05, 3.63) is 69.7 Å². The first-order valence-electron chi connectivity index (χ1n) is 11.9. The van der Waals surface area contributed by atoms with E-state index in [1.54, 1.807) is 0 Å². The van der Waals surface area contributed by atoms with Crippen LogP contribution >= 0.6 is 24.0 Å². The standard InChI is InChI=1S/C13H13ClF3NO.C13H14F3NO.ClH/c14-11-2-1-9(7-10(11)13(15,16)17)12(19)8-3-5-18-6-4-8;14-13(15,16)11-3-1-2-10(8-11)12(18)9-4-6-17-7-5-9;/h1-2,7-8,18H,3-6H2;1-3,8-9,17H,4-7H2;1H. The zero-order valence-corrected chi connectivity index (χ0v) is 21.8. The summed E-state index contributed by atoms with van der Waals surface area (Å²) in [7, 11) is 0. The van der Waals surface area contributed by atoms with Gasteiger partial charge in [-0.15, -0.1) is 12.4 Å². The van der Waals surface area contributed by atoms with Crippen molar-refractivity contribution >= 4 is 35.6 Å². The van der Waals surface area contributed by atoms with Crippen LogP contribution in [-0.4, -0.2) is 37.7 Å². The van der Waals surface area contributed by atoms with Crippen molar-refractivity contribution in [2.45, 2.75) is 38.0 Å². The molecule has 0 aliphatic carbocycles. The highest BCUT2D eigenvalue weighted by molar-refractivity contribution is 6.31. The quantitative estimate of drug-likeness (QED) is 0.305. The van der Waals surface area contributed by atoms with E-state index in [-0.39, 0.29) is 52.0 Å². The lowest BCUT2D eigenvalue weighted by Crippen LogP contribution is -2.32. The van der Waals surface area contributed by atoms with Crippen molar-refractivity contribution in [2.75, 3.05) is 26.2 Å². The van der Waals surface area contributed by atoms with E-state index in [1.165, 1.54) is 18.2 Å². The molecule has 2 aliphatic heterocycles. The first-order chi connectivity index (χ1) is 17.4. The zero-order valence-electron chi connectivity index (χ0n) is 20.2. The average Bonchev–Trinajstić information content (AvgIpc) is 2.88. The van der Waals surface area contributed by atoms with Crippen molar-refractivity contribution in [1.82, 2.24) is 10.6 Å². The molecule has 0 spiro atoms. The second-order valence-corrected chi connectivity index (χ2v) is 9.46. The molecular weight excluding hydrogens is 557 g/mol. The molecule has 2 aromatic rings. The van der Waals surface area contributed by atoms with Gasteiger partial charge in [-0.05, 0) is 82.2 Å². The van der Waals surface area contributed by atoms with Crippen LogP contribution in [-0.2, 0) is 12.4 Å². The Morgan fingerprint density at radius 2 is 1.18 bits per heavy atom. The third kappa shape index (κ3) is 8.69. The van der Waals surface area contributed by atoms with Gasteiger partial charge in [0.1, 0.15) is 0 Å². The SMILES string of the molecule is Cl.O=C(c1ccc(Cl)c(C(F)(F)F)c1)C1CCNCC1.O=C(c1cccc(C(F)(F)F)c1)C1CCNCC1. The molecule has 0 bridgehead atoms. The average molecular weight is 585 g/mol. The van der Waals surface area contributed by atoms with E-state index in [2.05, 4.69) is 10.6 Å². The van der Waals surface area contributed by atoms with Gasteiger partial charge in [0.15, 0.2) is 11.6 Å². The molecule has 2 saturated heterocycles. The molecule has 0 saturated carbocycles. The predicted molar refractivity (Wildman–Crippen MR) is 135 cm³/mol. The van der Waals surface area contributed by atoms with Crippen LogP contribution in [0.15, 0.2) is 42.5 Å². The van der Waals surface area contributed by atoms with Gasteiger partial charge in [0, 0.05) is 23.0 Å². The molecule has 0 aromatic heterocycles. The summed E-state index contributed by atoms with van der Waals surface area (Å²) >= 11 is 5.53. The van der Waals surface area contributed by atoms with Gasteiger partial charge in [-0.25, -0.2) is 0 Å². The molecule has 4 nitrogen and oxygen atoms in total. The molecule has 0 radical (unpaired) electrons. The number of carbonyl (C=O) groups is 2. The van der Waals surface area contributed by atoms with Gasteiger partial charge in [-0.1, -0.05) is 23.7 Å². The number of hydrogen-bond donors (Lipinski definition) is 2. The number of piperidine rings is 2.